The van der Waals surface area contributed by atoms with Crippen molar-refractivity contribution in [3.05, 3.63) is 70.2 Å². The normalized spacial score (nSPS) is 16.6. The van der Waals surface area contributed by atoms with Crippen molar-refractivity contribution in [1.29, 1.82) is 0 Å². The van der Waals surface area contributed by atoms with Crippen molar-refractivity contribution in [1.82, 2.24) is 4.90 Å². The predicted octanol–water partition coefficient (Wildman–Crippen LogP) is 4.74. The van der Waals surface area contributed by atoms with Gasteiger partial charge in [0.05, 0.1) is 0 Å². The Labute approximate surface area is 147 Å². The zero-order valence-corrected chi connectivity index (χ0v) is 14.5. The number of rotatable bonds is 4. The average Bonchev–Trinajstić information content (AvgIpc) is 2.56. The zero-order valence-electron chi connectivity index (χ0n) is 13.0. The molecular weight excluding hydrogens is 327 g/mol. The molecule has 0 spiro atoms. The van der Waals surface area contributed by atoms with Gasteiger partial charge in [0.25, 0.3) is 0 Å². The van der Waals surface area contributed by atoms with Gasteiger partial charge < -0.3 is 4.90 Å². The average molecular weight is 347 g/mol. The maximum Gasteiger partial charge on any atom is 0.0426 e. The van der Waals surface area contributed by atoms with E-state index in [1.807, 2.05) is 42.5 Å². The van der Waals surface area contributed by atoms with Crippen molar-refractivity contribution in [3.8, 4) is 0 Å². The molecule has 1 saturated heterocycles. The first-order valence-corrected chi connectivity index (χ1v) is 8.60. The largest absolute Gasteiger partial charge is 0.369 e. The van der Waals surface area contributed by atoms with Crippen molar-refractivity contribution in [2.24, 2.45) is 0 Å². The maximum absolute atomic E-state index is 6.41. The summed E-state index contributed by atoms with van der Waals surface area (Å²) in [6.07, 6.45) is 2.05. The summed E-state index contributed by atoms with van der Waals surface area (Å²) in [7, 11) is 0. The molecule has 2 nitrogen and oxygen atoms in total. The highest BCUT2D eigenvalue weighted by atomic mass is 35.5. The molecule has 0 bridgehead atoms. The van der Waals surface area contributed by atoms with Crippen LogP contribution < -0.4 is 4.90 Å². The molecule has 0 atom stereocenters. The first-order chi connectivity index (χ1) is 11.2. The van der Waals surface area contributed by atoms with E-state index >= 15 is 0 Å². The Morgan fingerprint density at radius 1 is 0.957 bits per heavy atom. The molecule has 4 heteroatoms. The Morgan fingerprint density at radius 3 is 2.39 bits per heavy atom. The van der Waals surface area contributed by atoms with Crippen molar-refractivity contribution in [2.75, 3.05) is 37.6 Å². The second-order valence-corrected chi connectivity index (χ2v) is 6.67. The van der Waals surface area contributed by atoms with Crippen LogP contribution in [0.25, 0.3) is 6.08 Å². The molecule has 23 heavy (non-hydrogen) atoms. The Bertz CT molecular complexity index is 662. The van der Waals surface area contributed by atoms with Crippen molar-refractivity contribution < 1.29 is 0 Å². The lowest BCUT2D eigenvalue weighted by atomic mass is 10.2. The minimum absolute atomic E-state index is 0.791. The van der Waals surface area contributed by atoms with Crippen molar-refractivity contribution in [2.45, 2.75) is 0 Å². The molecule has 0 aromatic heterocycles. The summed E-state index contributed by atoms with van der Waals surface area (Å²) < 4.78 is 0. The quantitative estimate of drug-likeness (QED) is 0.788. The molecule has 0 radical (unpaired) electrons. The van der Waals surface area contributed by atoms with Crippen LogP contribution in [-0.2, 0) is 0 Å². The van der Waals surface area contributed by atoms with Gasteiger partial charge >= 0.3 is 0 Å². The van der Waals surface area contributed by atoms with Crippen LogP contribution in [0.3, 0.4) is 0 Å². The van der Waals surface area contributed by atoms with Gasteiger partial charge in [-0.1, -0.05) is 59.6 Å². The lowest BCUT2D eigenvalue weighted by Gasteiger charge is -2.36. The number of nitrogens with zero attached hydrogens (tertiary/aromatic N) is 2. The van der Waals surface area contributed by atoms with Gasteiger partial charge in [-0.3, -0.25) is 4.90 Å². The summed E-state index contributed by atoms with van der Waals surface area (Å²) in [6, 6.07) is 18.3. The monoisotopic (exact) mass is 346 g/mol. The van der Waals surface area contributed by atoms with E-state index in [4.69, 9.17) is 23.2 Å². The third-order valence-corrected chi connectivity index (χ3v) is 4.51. The number of hydrogen-bond donors (Lipinski definition) is 0. The second-order valence-electron chi connectivity index (χ2n) is 5.74. The van der Waals surface area contributed by atoms with E-state index in [9.17, 15) is 0 Å². The Hall–Kier alpha value is -1.48. The lowest BCUT2D eigenvalue weighted by molar-refractivity contribution is 0.282. The van der Waals surface area contributed by atoms with Crippen LogP contribution in [0, 0.1) is 0 Å². The van der Waals surface area contributed by atoms with E-state index in [1.165, 1.54) is 5.69 Å². The molecule has 2 aromatic rings. The molecule has 3 rings (SSSR count). The minimum atomic E-state index is 0.791. The molecule has 2 aromatic carbocycles. The maximum atomic E-state index is 6.41. The molecular formula is C19H20Cl2N2. The number of anilines is 1. The molecule has 0 amide bonds. The molecule has 1 heterocycles. The van der Waals surface area contributed by atoms with Gasteiger partial charge in [-0.2, -0.15) is 0 Å². The first kappa shape index (κ1) is 16.4. The van der Waals surface area contributed by atoms with E-state index in [0.717, 1.165) is 48.3 Å². The van der Waals surface area contributed by atoms with Crippen LogP contribution >= 0.6 is 23.2 Å². The zero-order chi connectivity index (χ0) is 16.1. The standard InChI is InChI=1S/C19H20Cl2N2/c20-17-7-4-8-19(14-17)23-11-9-22(10-12-23)15-18(21)13-16-5-2-1-3-6-16/h1-8,13-14H,9-12,15H2. The second kappa shape index (κ2) is 7.87. The Kier molecular flexibility index (Phi) is 5.60. The third-order valence-electron chi connectivity index (χ3n) is 4.04. The van der Waals surface area contributed by atoms with Gasteiger partial charge in [-0.15, -0.1) is 0 Å². The van der Waals surface area contributed by atoms with E-state index in [1.54, 1.807) is 0 Å². The van der Waals surface area contributed by atoms with Crippen LogP contribution in [0.5, 0.6) is 0 Å². The summed E-state index contributed by atoms with van der Waals surface area (Å²) in [6.45, 7) is 4.81. The summed E-state index contributed by atoms with van der Waals surface area (Å²) >= 11 is 12.5. The predicted molar refractivity (Wildman–Crippen MR) is 100 cm³/mol. The third kappa shape index (κ3) is 4.74. The summed E-state index contributed by atoms with van der Waals surface area (Å²) in [5, 5.41) is 1.67. The molecule has 1 fully saturated rings. The van der Waals surface area contributed by atoms with Gasteiger partial charge in [-0.25, -0.2) is 0 Å². The number of benzene rings is 2. The highest BCUT2D eigenvalue weighted by Crippen LogP contribution is 2.21. The molecule has 120 valence electrons. The Balaban J connectivity index is 1.54. The van der Waals surface area contributed by atoms with Crippen LogP contribution in [0.15, 0.2) is 59.6 Å². The number of halogens is 2. The summed E-state index contributed by atoms with van der Waals surface area (Å²) in [4.78, 5) is 4.76. The first-order valence-electron chi connectivity index (χ1n) is 7.85. The molecule has 1 aliphatic rings. The topological polar surface area (TPSA) is 6.48 Å². The van der Waals surface area contributed by atoms with Gasteiger partial charge in [0.15, 0.2) is 0 Å². The molecule has 0 N–H and O–H groups in total. The van der Waals surface area contributed by atoms with Crippen LogP contribution in [-0.4, -0.2) is 37.6 Å². The highest BCUT2D eigenvalue weighted by molar-refractivity contribution is 6.31. The minimum Gasteiger partial charge on any atom is -0.369 e. The summed E-state index contributed by atoms with van der Waals surface area (Å²) in [5.41, 5.74) is 2.35. The number of piperazine rings is 1. The SMILES string of the molecule is ClC(=Cc1ccccc1)CN1CCN(c2cccc(Cl)c2)CC1. The van der Waals surface area contributed by atoms with Gasteiger partial charge in [0, 0.05) is 48.5 Å². The highest BCUT2D eigenvalue weighted by Gasteiger charge is 2.17. The fraction of sp³-hybridized carbons (Fsp3) is 0.263. The van der Waals surface area contributed by atoms with Crippen molar-refractivity contribution in [3.63, 3.8) is 0 Å². The fourth-order valence-electron chi connectivity index (χ4n) is 2.83. The van der Waals surface area contributed by atoms with Crippen LogP contribution in [0.4, 0.5) is 5.69 Å². The Morgan fingerprint density at radius 2 is 1.70 bits per heavy atom. The van der Waals surface area contributed by atoms with E-state index < -0.39 is 0 Å². The molecule has 0 saturated carbocycles. The van der Waals surface area contributed by atoms with Crippen LogP contribution in [0.1, 0.15) is 5.56 Å². The number of hydrogen-bond acceptors (Lipinski definition) is 2. The molecule has 1 aliphatic heterocycles. The van der Waals surface area contributed by atoms with E-state index in [0.29, 0.717) is 0 Å². The van der Waals surface area contributed by atoms with Gasteiger partial charge in [0.1, 0.15) is 0 Å². The van der Waals surface area contributed by atoms with Gasteiger partial charge in [-0.05, 0) is 29.8 Å². The fourth-order valence-corrected chi connectivity index (χ4v) is 3.31. The van der Waals surface area contributed by atoms with Crippen molar-refractivity contribution >= 4 is 35.0 Å². The summed E-state index contributed by atoms with van der Waals surface area (Å²) in [5.74, 6) is 0. The lowest BCUT2D eigenvalue weighted by Crippen LogP contribution is -2.46. The molecule has 0 aliphatic carbocycles. The van der Waals surface area contributed by atoms with E-state index in [-0.39, 0.29) is 0 Å². The van der Waals surface area contributed by atoms with Gasteiger partial charge in [0.2, 0.25) is 0 Å². The smallest absolute Gasteiger partial charge is 0.0426 e. The van der Waals surface area contributed by atoms with Crippen LogP contribution in [0.2, 0.25) is 5.02 Å². The molecule has 0 unspecified atom stereocenters. The van der Waals surface area contributed by atoms with E-state index in [2.05, 4.69) is 28.0 Å².